The van der Waals surface area contributed by atoms with E-state index in [4.69, 9.17) is 9.72 Å². The number of rotatable bonds is 2. The zero-order chi connectivity index (χ0) is 12.5. The molecule has 18 heavy (non-hydrogen) atoms. The maximum absolute atomic E-state index is 5.24. The number of pyridine rings is 1. The summed E-state index contributed by atoms with van der Waals surface area (Å²) in [5.41, 5.74) is 2.16. The van der Waals surface area contributed by atoms with Crippen LogP contribution in [0.15, 0.2) is 24.5 Å². The standard InChI is InChI=1S/C14H19N3O/c1-16-8-4-3-5-13(16)12-10-17-9-11(18-2)6-7-14(17)15-12/h6-7,9-10,13H,3-5,8H2,1-2H3. The van der Waals surface area contributed by atoms with E-state index in [9.17, 15) is 0 Å². The summed E-state index contributed by atoms with van der Waals surface area (Å²) in [7, 11) is 3.88. The molecule has 3 rings (SSSR count). The fraction of sp³-hybridized carbons (Fsp3) is 0.500. The predicted molar refractivity (Wildman–Crippen MR) is 71.0 cm³/mol. The lowest BCUT2D eigenvalue weighted by Crippen LogP contribution is -2.29. The summed E-state index contributed by atoms with van der Waals surface area (Å²) in [6.45, 7) is 1.17. The molecule has 1 aliphatic rings. The van der Waals surface area contributed by atoms with Gasteiger partial charge in [0.15, 0.2) is 0 Å². The van der Waals surface area contributed by atoms with Gasteiger partial charge in [-0.3, -0.25) is 4.90 Å². The minimum absolute atomic E-state index is 0.463. The third kappa shape index (κ3) is 1.97. The molecule has 1 fully saturated rings. The van der Waals surface area contributed by atoms with Crippen LogP contribution in [-0.4, -0.2) is 35.0 Å². The van der Waals surface area contributed by atoms with E-state index in [1.807, 2.05) is 18.3 Å². The lowest BCUT2D eigenvalue weighted by Gasteiger charge is -2.31. The highest BCUT2D eigenvalue weighted by Gasteiger charge is 2.22. The van der Waals surface area contributed by atoms with Gasteiger partial charge in [0.2, 0.25) is 0 Å². The molecule has 2 aromatic heterocycles. The Morgan fingerprint density at radius 3 is 2.94 bits per heavy atom. The van der Waals surface area contributed by atoms with E-state index < -0.39 is 0 Å². The normalized spacial score (nSPS) is 21.3. The molecular formula is C14H19N3O. The number of nitrogens with zero attached hydrogens (tertiary/aromatic N) is 3. The number of aromatic nitrogens is 2. The summed E-state index contributed by atoms with van der Waals surface area (Å²) < 4.78 is 7.29. The SMILES string of the molecule is COc1ccc2nc(C3CCCCN3C)cn2c1. The van der Waals surface area contributed by atoms with Crippen molar-refractivity contribution in [2.24, 2.45) is 0 Å². The molecule has 1 atom stereocenters. The number of fused-ring (bicyclic) bond motifs is 1. The average molecular weight is 245 g/mol. The number of methoxy groups -OCH3 is 1. The average Bonchev–Trinajstić information content (AvgIpc) is 2.81. The van der Waals surface area contributed by atoms with Crippen molar-refractivity contribution in [2.75, 3.05) is 20.7 Å². The van der Waals surface area contributed by atoms with Crippen LogP contribution in [0.2, 0.25) is 0 Å². The summed E-state index contributed by atoms with van der Waals surface area (Å²) in [6.07, 6.45) is 7.91. The lowest BCUT2D eigenvalue weighted by atomic mass is 10.0. The molecule has 0 radical (unpaired) electrons. The zero-order valence-corrected chi connectivity index (χ0v) is 11.0. The van der Waals surface area contributed by atoms with Crippen molar-refractivity contribution in [1.29, 1.82) is 0 Å². The molecule has 4 heteroatoms. The smallest absolute Gasteiger partial charge is 0.137 e. The van der Waals surface area contributed by atoms with Gasteiger partial charge in [-0.25, -0.2) is 4.98 Å². The maximum atomic E-state index is 5.24. The molecule has 96 valence electrons. The first kappa shape index (κ1) is 11.5. The first-order valence-electron chi connectivity index (χ1n) is 6.51. The van der Waals surface area contributed by atoms with Gasteiger partial charge in [0.1, 0.15) is 11.4 Å². The monoisotopic (exact) mass is 245 g/mol. The van der Waals surface area contributed by atoms with Crippen molar-refractivity contribution in [2.45, 2.75) is 25.3 Å². The zero-order valence-electron chi connectivity index (χ0n) is 11.0. The van der Waals surface area contributed by atoms with Gasteiger partial charge in [-0.15, -0.1) is 0 Å². The van der Waals surface area contributed by atoms with E-state index >= 15 is 0 Å². The Morgan fingerprint density at radius 2 is 2.17 bits per heavy atom. The van der Waals surface area contributed by atoms with Gasteiger partial charge < -0.3 is 9.14 Å². The molecule has 2 aromatic rings. The molecule has 3 heterocycles. The minimum atomic E-state index is 0.463. The molecule has 0 saturated carbocycles. The topological polar surface area (TPSA) is 29.8 Å². The van der Waals surface area contributed by atoms with Gasteiger partial charge in [-0.1, -0.05) is 6.42 Å². The number of likely N-dealkylation sites (tertiary alicyclic amines) is 1. The van der Waals surface area contributed by atoms with E-state index in [0.29, 0.717) is 6.04 Å². The molecule has 0 N–H and O–H groups in total. The van der Waals surface area contributed by atoms with Crippen LogP contribution in [0.3, 0.4) is 0 Å². The molecule has 0 aromatic carbocycles. The lowest BCUT2D eigenvalue weighted by molar-refractivity contribution is 0.184. The highest BCUT2D eigenvalue weighted by molar-refractivity contribution is 5.43. The first-order valence-corrected chi connectivity index (χ1v) is 6.51. The third-order valence-corrected chi connectivity index (χ3v) is 3.79. The van der Waals surface area contributed by atoms with Crippen LogP contribution in [0.25, 0.3) is 5.65 Å². The van der Waals surface area contributed by atoms with E-state index in [0.717, 1.165) is 11.4 Å². The number of imidazole rings is 1. The number of piperidine rings is 1. The Kier molecular flexibility index (Phi) is 2.96. The molecule has 0 aliphatic carbocycles. The summed E-state index contributed by atoms with van der Waals surface area (Å²) in [4.78, 5) is 7.13. The van der Waals surface area contributed by atoms with Crippen molar-refractivity contribution >= 4 is 5.65 Å². The predicted octanol–water partition coefficient (Wildman–Crippen LogP) is 2.50. The van der Waals surface area contributed by atoms with Crippen molar-refractivity contribution in [3.8, 4) is 5.75 Å². The van der Waals surface area contributed by atoms with E-state index in [1.165, 1.54) is 31.5 Å². The van der Waals surface area contributed by atoms with Crippen LogP contribution in [0.1, 0.15) is 31.0 Å². The van der Waals surface area contributed by atoms with Gasteiger partial charge in [0.25, 0.3) is 0 Å². The Balaban J connectivity index is 1.97. The van der Waals surface area contributed by atoms with Crippen LogP contribution in [-0.2, 0) is 0 Å². The van der Waals surface area contributed by atoms with Crippen molar-refractivity contribution in [3.05, 3.63) is 30.2 Å². The second kappa shape index (κ2) is 4.61. The Morgan fingerprint density at radius 1 is 1.28 bits per heavy atom. The number of hydrogen-bond acceptors (Lipinski definition) is 3. The molecule has 4 nitrogen and oxygen atoms in total. The fourth-order valence-electron chi connectivity index (χ4n) is 2.72. The quantitative estimate of drug-likeness (QED) is 0.814. The van der Waals surface area contributed by atoms with Crippen LogP contribution >= 0.6 is 0 Å². The van der Waals surface area contributed by atoms with Gasteiger partial charge >= 0.3 is 0 Å². The van der Waals surface area contributed by atoms with Gasteiger partial charge in [-0.2, -0.15) is 0 Å². The Bertz CT molecular complexity index is 549. The fourth-order valence-corrected chi connectivity index (χ4v) is 2.72. The molecule has 0 spiro atoms. The highest BCUT2D eigenvalue weighted by Crippen LogP contribution is 2.29. The van der Waals surface area contributed by atoms with Gasteiger partial charge in [0.05, 0.1) is 25.0 Å². The van der Waals surface area contributed by atoms with Crippen LogP contribution in [0.4, 0.5) is 0 Å². The summed E-state index contributed by atoms with van der Waals surface area (Å²) in [5, 5.41) is 0. The highest BCUT2D eigenvalue weighted by atomic mass is 16.5. The van der Waals surface area contributed by atoms with E-state index in [1.54, 1.807) is 7.11 Å². The van der Waals surface area contributed by atoms with Crippen LogP contribution in [0, 0.1) is 0 Å². The van der Waals surface area contributed by atoms with E-state index in [2.05, 4.69) is 22.5 Å². The third-order valence-electron chi connectivity index (χ3n) is 3.79. The Labute approximate surface area is 107 Å². The van der Waals surface area contributed by atoms with Crippen molar-refractivity contribution in [3.63, 3.8) is 0 Å². The maximum Gasteiger partial charge on any atom is 0.137 e. The van der Waals surface area contributed by atoms with Crippen LogP contribution < -0.4 is 4.74 Å². The van der Waals surface area contributed by atoms with Crippen molar-refractivity contribution < 1.29 is 4.74 Å². The summed E-state index contributed by atoms with van der Waals surface area (Å²) in [5.74, 6) is 0.864. The van der Waals surface area contributed by atoms with Crippen LogP contribution in [0.5, 0.6) is 5.75 Å². The van der Waals surface area contributed by atoms with Gasteiger partial charge in [0, 0.05) is 6.20 Å². The largest absolute Gasteiger partial charge is 0.495 e. The minimum Gasteiger partial charge on any atom is -0.495 e. The summed E-state index contributed by atoms with van der Waals surface area (Å²) >= 11 is 0. The molecule has 1 saturated heterocycles. The number of hydrogen-bond donors (Lipinski definition) is 0. The van der Waals surface area contributed by atoms with Crippen molar-refractivity contribution in [1.82, 2.24) is 14.3 Å². The molecule has 0 bridgehead atoms. The Hall–Kier alpha value is -1.55. The second-order valence-corrected chi connectivity index (χ2v) is 4.99. The number of ether oxygens (including phenoxy) is 1. The summed E-state index contributed by atoms with van der Waals surface area (Å²) in [6, 6.07) is 4.42. The first-order chi connectivity index (χ1) is 8.78. The molecule has 0 amide bonds. The molecule has 1 aliphatic heterocycles. The molecular weight excluding hydrogens is 226 g/mol. The second-order valence-electron chi connectivity index (χ2n) is 4.99. The van der Waals surface area contributed by atoms with E-state index in [-0.39, 0.29) is 0 Å². The molecule has 1 unspecified atom stereocenters. The van der Waals surface area contributed by atoms with Gasteiger partial charge in [-0.05, 0) is 38.6 Å².